The van der Waals surface area contributed by atoms with Crippen molar-refractivity contribution in [2.24, 2.45) is 5.92 Å². The molecule has 1 heteroatoms. The van der Waals surface area contributed by atoms with Gasteiger partial charge < -0.3 is 5.11 Å². The minimum atomic E-state index is -0.534. The summed E-state index contributed by atoms with van der Waals surface area (Å²) in [6.45, 7) is 6.63. The molecule has 0 aromatic heterocycles. The zero-order valence-electron chi connectivity index (χ0n) is 13.3. The summed E-state index contributed by atoms with van der Waals surface area (Å²) in [7, 11) is 0. The lowest BCUT2D eigenvalue weighted by atomic mass is 9.96. The molecule has 0 bridgehead atoms. The third kappa shape index (κ3) is 4.44. The van der Waals surface area contributed by atoms with Gasteiger partial charge >= 0.3 is 0 Å². The minimum Gasteiger partial charge on any atom is -0.384 e. The molecule has 112 valence electrons. The summed E-state index contributed by atoms with van der Waals surface area (Å²) in [5, 5.41) is 10.5. The molecule has 0 aliphatic rings. The molecule has 0 amide bonds. The smallest absolute Gasteiger partial charge is 0.104 e. The van der Waals surface area contributed by atoms with Crippen LogP contribution in [-0.4, -0.2) is 5.11 Å². The van der Waals surface area contributed by atoms with E-state index < -0.39 is 6.10 Å². The Morgan fingerprint density at radius 3 is 1.71 bits per heavy atom. The Hall–Kier alpha value is -1.60. The molecular formula is C20H26O. The molecule has 0 spiro atoms. The first-order valence-electron chi connectivity index (χ1n) is 7.96. The van der Waals surface area contributed by atoms with Gasteiger partial charge in [0.1, 0.15) is 6.10 Å². The number of hydrogen-bond acceptors (Lipinski definition) is 1. The second-order valence-electron chi connectivity index (χ2n) is 6.23. The zero-order valence-corrected chi connectivity index (χ0v) is 13.3. The van der Waals surface area contributed by atoms with Gasteiger partial charge in [-0.3, -0.25) is 0 Å². The minimum absolute atomic E-state index is 0.534. The van der Waals surface area contributed by atoms with E-state index in [0.717, 1.165) is 30.4 Å². The van der Waals surface area contributed by atoms with Crippen LogP contribution in [0.15, 0.2) is 48.5 Å². The SMILES string of the molecule is CCCc1ccc(C(O)c2ccc(CC(C)C)cc2)cc1. The van der Waals surface area contributed by atoms with Gasteiger partial charge in [-0.05, 0) is 41.0 Å². The number of hydrogen-bond donors (Lipinski definition) is 1. The average Bonchev–Trinajstić information content (AvgIpc) is 2.48. The van der Waals surface area contributed by atoms with E-state index in [4.69, 9.17) is 0 Å². The van der Waals surface area contributed by atoms with Crippen molar-refractivity contribution in [1.82, 2.24) is 0 Å². The first-order valence-corrected chi connectivity index (χ1v) is 7.96. The monoisotopic (exact) mass is 282 g/mol. The average molecular weight is 282 g/mol. The highest BCUT2D eigenvalue weighted by atomic mass is 16.3. The van der Waals surface area contributed by atoms with Gasteiger partial charge in [0.05, 0.1) is 0 Å². The molecular weight excluding hydrogens is 256 g/mol. The number of aliphatic hydroxyl groups excluding tert-OH is 1. The van der Waals surface area contributed by atoms with Gasteiger partial charge in [0.2, 0.25) is 0 Å². The number of benzene rings is 2. The molecule has 0 aliphatic heterocycles. The summed E-state index contributed by atoms with van der Waals surface area (Å²) < 4.78 is 0. The number of aryl methyl sites for hydroxylation is 1. The van der Waals surface area contributed by atoms with Crippen LogP contribution in [0.1, 0.15) is 55.5 Å². The largest absolute Gasteiger partial charge is 0.384 e. The fourth-order valence-electron chi connectivity index (χ4n) is 2.66. The van der Waals surface area contributed by atoms with E-state index in [-0.39, 0.29) is 0 Å². The Balaban J connectivity index is 2.09. The summed E-state index contributed by atoms with van der Waals surface area (Å²) >= 11 is 0. The van der Waals surface area contributed by atoms with E-state index in [9.17, 15) is 5.11 Å². The predicted molar refractivity (Wildman–Crippen MR) is 89.5 cm³/mol. The third-order valence-corrected chi connectivity index (χ3v) is 3.77. The summed E-state index contributed by atoms with van der Waals surface area (Å²) in [4.78, 5) is 0. The van der Waals surface area contributed by atoms with Gasteiger partial charge in [0.15, 0.2) is 0 Å². The highest BCUT2D eigenvalue weighted by Crippen LogP contribution is 2.23. The van der Waals surface area contributed by atoms with Gasteiger partial charge in [0, 0.05) is 0 Å². The summed E-state index contributed by atoms with van der Waals surface area (Å²) in [6.07, 6.45) is 2.80. The maximum Gasteiger partial charge on any atom is 0.104 e. The van der Waals surface area contributed by atoms with E-state index in [0.29, 0.717) is 5.92 Å². The molecule has 2 aromatic carbocycles. The second-order valence-corrected chi connectivity index (χ2v) is 6.23. The molecule has 21 heavy (non-hydrogen) atoms. The Kier molecular flexibility index (Phi) is 5.58. The van der Waals surface area contributed by atoms with E-state index >= 15 is 0 Å². The van der Waals surface area contributed by atoms with Gasteiger partial charge in [-0.2, -0.15) is 0 Å². The summed E-state index contributed by atoms with van der Waals surface area (Å²) in [6, 6.07) is 16.7. The molecule has 0 saturated carbocycles. The maximum atomic E-state index is 10.5. The van der Waals surface area contributed by atoms with Crippen LogP contribution in [0.5, 0.6) is 0 Å². The molecule has 0 heterocycles. The van der Waals surface area contributed by atoms with Gasteiger partial charge in [-0.15, -0.1) is 0 Å². The fraction of sp³-hybridized carbons (Fsp3) is 0.400. The molecule has 2 aromatic rings. The van der Waals surface area contributed by atoms with Crippen LogP contribution < -0.4 is 0 Å². The van der Waals surface area contributed by atoms with Crippen molar-refractivity contribution in [1.29, 1.82) is 0 Å². The Bertz CT molecular complexity index is 537. The van der Waals surface area contributed by atoms with Crippen molar-refractivity contribution in [3.63, 3.8) is 0 Å². The predicted octanol–water partition coefficient (Wildman–Crippen LogP) is 4.92. The summed E-state index contributed by atoms with van der Waals surface area (Å²) in [5.41, 5.74) is 4.59. The van der Waals surface area contributed by atoms with Crippen molar-refractivity contribution >= 4 is 0 Å². The molecule has 1 unspecified atom stereocenters. The van der Waals surface area contributed by atoms with Crippen LogP contribution in [0.25, 0.3) is 0 Å². The fourth-order valence-corrected chi connectivity index (χ4v) is 2.66. The molecule has 1 atom stereocenters. The van der Waals surface area contributed by atoms with Crippen LogP contribution in [0.4, 0.5) is 0 Å². The highest BCUT2D eigenvalue weighted by Gasteiger charge is 2.10. The van der Waals surface area contributed by atoms with Crippen LogP contribution in [0.3, 0.4) is 0 Å². The topological polar surface area (TPSA) is 20.2 Å². The Morgan fingerprint density at radius 2 is 1.29 bits per heavy atom. The van der Waals surface area contributed by atoms with Crippen molar-refractivity contribution in [3.05, 3.63) is 70.8 Å². The quantitative estimate of drug-likeness (QED) is 0.797. The van der Waals surface area contributed by atoms with Gasteiger partial charge in [-0.1, -0.05) is 75.7 Å². The molecule has 1 nitrogen and oxygen atoms in total. The van der Waals surface area contributed by atoms with Crippen LogP contribution >= 0.6 is 0 Å². The van der Waals surface area contributed by atoms with Gasteiger partial charge in [0.25, 0.3) is 0 Å². The maximum absolute atomic E-state index is 10.5. The molecule has 2 rings (SSSR count). The molecule has 0 saturated heterocycles. The standard InChI is InChI=1S/C20H26O/c1-4-5-16-6-10-18(11-7-16)20(21)19-12-8-17(9-13-19)14-15(2)3/h6-13,15,20-21H,4-5,14H2,1-3H3. The molecule has 1 N–H and O–H groups in total. The van der Waals surface area contributed by atoms with Crippen LogP contribution in [0, 0.1) is 5.92 Å². The van der Waals surface area contributed by atoms with E-state index in [1.165, 1.54) is 11.1 Å². The van der Waals surface area contributed by atoms with Crippen molar-refractivity contribution < 1.29 is 5.11 Å². The lowest BCUT2D eigenvalue weighted by molar-refractivity contribution is 0.220. The van der Waals surface area contributed by atoms with Crippen LogP contribution in [0.2, 0.25) is 0 Å². The van der Waals surface area contributed by atoms with E-state index in [1.807, 2.05) is 24.3 Å². The Labute approximate surface area is 128 Å². The zero-order chi connectivity index (χ0) is 15.2. The Morgan fingerprint density at radius 1 is 0.810 bits per heavy atom. The second kappa shape index (κ2) is 7.42. The molecule has 0 fully saturated rings. The summed E-state index contributed by atoms with van der Waals surface area (Å²) in [5.74, 6) is 0.659. The van der Waals surface area contributed by atoms with Crippen molar-refractivity contribution in [2.45, 2.75) is 46.1 Å². The van der Waals surface area contributed by atoms with Crippen molar-refractivity contribution in [3.8, 4) is 0 Å². The normalized spacial score (nSPS) is 12.6. The lowest BCUT2D eigenvalue weighted by Gasteiger charge is -2.13. The molecule has 0 radical (unpaired) electrons. The lowest BCUT2D eigenvalue weighted by Crippen LogP contribution is -2.01. The van der Waals surface area contributed by atoms with E-state index in [1.54, 1.807) is 0 Å². The molecule has 0 aliphatic carbocycles. The van der Waals surface area contributed by atoms with Gasteiger partial charge in [-0.25, -0.2) is 0 Å². The third-order valence-electron chi connectivity index (χ3n) is 3.77. The van der Waals surface area contributed by atoms with Crippen LogP contribution in [-0.2, 0) is 12.8 Å². The first-order chi connectivity index (χ1) is 10.1. The highest BCUT2D eigenvalue weighted by molar-refractivity contribution is 5.33. The van der Waals surface area contributed by atoms with E-state index in [2.05, 4.69) is 45.0 Å². The van der Waals surface area contributed by atoms with Crippen molar-refractivity contribution in [2.75, 3.05) is 0 Å². The number of rotatable bonds is 6. The number of aliphatic hydroxyl groups is 1. The first kappa shape index (κ1) is 15.8.